The molecule has 1 aliphatic carbocycles. The summed E-state index contributed by atoms with van der Waals surface area (Å²) in [5.74, 6) is 0.923. The van der Waals surface area contributed by atoms with Gasteiger partial charge in [0.1, 0.15) is 0 Å². The molecule has 1 aromatic carbocycles. The minimum Gasteiger partial charge on any atom is -0.382 e. The van der Waals surface area contributed by atoms with Crippen molar-refractivity contribution in [2.45, 2.75) is 44.9 Å². The van der Waals surface area contributed by atoms with Crippen molar-refractivity contribution in [3.63, 3.8) is 0 Å². The van der Waals surface area contributed by atoms with Crippen molar-refractivity contribution < 1.29 is 4.74 Å². The largest absolute Gasteiger partial charge is 0.382 e. The zero-order chi connectivity index (χ0) is 17.3. The van der Waals surface area contributed by atoms with Crippen molar-refractivity contribution in [1.82, 2.24) is 10.6 Å². The van der Waals surface area contributed by atoms with E-state index in [0.717, 1.165) is 51.6 Å². The van der Waals surface area contributed by atoms with E-state index < -0.39 is 0 Å². The molecule has 0 aromatic heterocycles. The molecule has 2 N–H and O–H groups in total. The van der Waals surface area contributed by atoms with E-state index in [1.165, 1.54) is 22.9 Å². The Kier molecular flexibility index (Phi) is 8.06. The highest BCUT2D eigenvalue weighted by Crippen LogP contribution is 2.50. The zero-order valence-corrected chi connectivity index (χ0v) is 16.5. The second-order valence-electron chi connectivity index (χ2n) is 6.29. The van der Waals surface area contributed by atoms with Gasteiger partial charge in [-0.05, 0) is 51.2 Å². The van der Waals surface area contributed by atoms with Crippen LogP contribution in [-0.4, -0.2) is 38.8 Å². The van der Waals surface area contributed by atoms with Gasteiger partial charge in [-0.25, -0.2) is 0 Å². The van der Waals surface area contributed by atoms with E-state index >= 15 is 0 Å². The van der Waals surface area contributed by atoms with E-state index in [1.807, 2.05) is 6.92 Å². The van der Waals surface area contributed by atoms with Crippen LogP contribution in [-0.2, 0) is 10.2 Å². The summed E-state index contributed by atoms with van der Waals surface area (Å²) < 4.78 is 6.57. The summed E-state index contributed by atoms with van der Waals surface area (Å²) in [6.45, 7) is 8.43. The summed E-state index contributed by atoms with van der Waals surface area (Å²) in [6, 6.07) is 8.54. The molecule has 24 heavy (non-hydrogen) atoms. The van der Waals surface area contributed by atoms with Crippen molar-refractivity contribution in [2.24, 2.45) is 4.99 Å². The van der Waals surface area contributed by atoms with Gasteiger partial charge in [-0.15, -0.1) is 0 Å². The Morgan fingerprint density at radius 2 is 2.00 bits per heavy atom. The minimum atomic E-state index is 0.220. The highest BCUT2D eigenvalue weighted by Gasteiger charge is 2.45. The van der Waals surface area contributed by atoms with Crippen LogP contribution in [0.5, 0.6) is 0 Å². The smallest absolute Gasteiger partial charge is 0.191 e. The van der Waals surface area contributed by atoms with Gasteiger partial charge in [-0.1, -0.05) is 34.1 Å². The standard InChI is InChI=1S/C19H30BrN3O/c1-3-21-18(22-13-7-8-14-24-4-2)23-15-19(11-12-19)16-9-5-6-10-17(16)20/h5-6,9-10H,3-4,7-8,11-15H2,1-2H3,(H2,21,22,23). The number of nitrogens with zero attached hydrogens (tertiary/aromatic N) is 1. The first-order valence-electron chi connectivity index (χ1n) is 9.07. The number of rotatable bonds is 10. The molecule has 0 amide bonds. The van der Waals surface area contributed by atoms with Crippen LogP contribution >= 0.6 is 15.9 Å². The molecular formula is C19H30BrN3O. The Labute approximate surface area is 154 Å². The third kappa shape index (κ3) is 5.78. The molecule has 1 aliphatic rings. The van der Waals surface area contributed by atoms with Crippen molar-refractivity contribution in [2.75, 3.05) is 32.8 Å². The van der Waals surface area contributed by atoms with Crippen molar-refractivity contribution in [1.29, 1.82) is 0 Å². The molecule has 1 aromatic rings. The topological polar surface area (TPSA) is 45.7 Å². The van der Waals surface area contributed by atoms with Crippen LogP contribution in [0.1, 0.15) is 45.1 Å². The highest BCUT2D eigenvalue weighted by molar-refractivity contribution is 9.10. The number of aliphatic imine (C=N–C) groups is 1. The lowest BCUT2D eigenvalue weighted by molar-refractivity contribution is 0.143. The van der Waals surface area contributed by atoms with Crippen LogP contribution in [0.4, 0.5) is 0 Å². The maximum absolute atomic E-state index is 5.37. The van der Waals surface area contributed by atoms with E-state index in [0.29, 0.717) is 0 Å². The number of halogens is 1. The summed E-state index contributed by atoms with van der Waals surface area (Å²) in [4.78, 5) is 4.84. The number of unbranched alkanes of at least 4 members (excludes halogenated alkanes) is 1. The van der Waals surface area contributed by atoms with Crippen molar-refractivity contribution >= 4 is 21.9 Å². The molecular weight excluding hydrogens is 366 g/mol. The number of ether oxygens (including phenoxy) is 1. The molecule has 1 fully saturated rings. The van der Waals surface area contributed by atoms with Gasteiger partial charge in [0.25, 0.3) is 0 Å². The van der Waals surface area contributed by atoms with Crippen LogP contribution in [0.15, 0.2) is 33.7 Å². The summed E-state index contributed by atoms with van der Waals surface area (Å²) in [6.07, 6.45) is 4.61. The van der Waals surface area contributed by atoms with Crippen LogP contribution in [0.2, 0.25) is 0 Å². The van der Waals surface area contributed by atoms with Gasteiger partial charge in [0, 0.05) is 36.2 Å². The number of hydrogen-bond acceptors (Lipinski definition) is 2. The predicted octanol–water partition coefficient (Wildman–Crippen LogP) is 3.85. The Bertz CT molecular complexity index is 529. The monoisotopic (exact) mass is 395 g/mol. The second kappa shape index (κ2) is 10.0. The van der Waals surface area contributed by atoms with E-state index in [2.05, 4.69) is 57.8 Å². The summed E-state index contributed by atoms with van der Waals surface area (Å²) in [5.41, 5.74) is 1.61. The maximum atomic E-state index is 5.37. The lowest BCUT2D eigenvalue weighted by atomic mass is 9.96. The van der Waals surface area contributed by atoms with E-state index in [-0.39, 0.29) is 5.41 Å². The molecule has 0 spiro atoms. The maximum Gasteiger partial charge on any atom is 0.191 e. The van der Waals surface area contributed by atoms with Crippen LogP contribution < -0.4 is 10.6 Å². The number of hydrogen-bond donors (Lipinski definition) is 2. The fourth-order valence-corrected chi connectivity index (χ4v) is 3.51. The van der Waals surface area contributed by atoms with Gasteiger partial charge in [-0.3, -0.25) is 4.99 Å². The Morgan fingerprint density at radius 1 is 1.21 bits per heavy atom. The van der Waals surface area contributed by atoms with Crippen molar-refractivity contribution in [3.8, 4) is 0 Å². The molecule has 2 rings (SSSR count). The minimum absolute atomic E-state index is 0.220. The van der Waals surface area contributed by atoms with Crippen LogP contribution in [0.3, 0.4) is 0 Å². The third-order valence-corrected chi connectivity index (χ3v) is 5.09. The molecule has 5 heteroatoms. The molecule has 134 valence electrons. The molecule has 0 heterocycles. The molecule has 1 saturated carbocycles. The summed E-state index contributed by atoms with van der Waals surface area (Å²) >= 11 is 3.69. The molecule has 0 saturated heterocycles. The van der Waals surface area contributed by atoms with E-state index in [4.69, 9.17) is 9.73 Å². The first kappa shape index (κ1) is 19.3. The lowest BCUT2D eigenvalue weighted by Gasteiger charge is -2.17. The number of nitrogens with one attached hydrogen (secondary N) is 2. The van der Waals surface area contributed by atoms with Gasteiger partial charge < -0.3 is 15.4 Å². The highest BCUT2D eigenvalue weighted by atomic mass is 79.9. The fourth-order valence-electron chi connectivity index (χ4n) is 2.81. The Morgan fingerprint density at radius 3 is 2.67 bits per heavy atom. The SMILES string of the molecule is CCNC(=NCC1(c2ccccc2Br)CC1)NCCCCOCC. The first-order chi connectivity index (χ1) is 11.7. The molecule has 4 nitrogen and oxygen atoms in total. The Hall–Kier alpha value is -1.07. The quantitative estimate of drug-likeness (QED) is 0.359. The summed E-state index contributed by atoms with van der Waals surface area (Å²) in [5, 5.41) is 6.78. The van der Waals surface area contributed by atoms with Crippen molar-refractivity contribution in [3.05, 3.63) is 34.3 Å². The van der Waals surface area contributed by atoms with E-state index in [9.17, 15) is 0 Å². The average Bonchev–Trinajstić information content (AvgIpc) is 3.37. The van der Waals surface area contributed by atoms with Gasteiger partial charge in [-0.2, -0.15) is 0 Å². The molecule has 0 aliphatic heterocycles. The first-order valence-corrected chi connectivity index (χ1v) is 9.86. The molecule has 0 bridgehead atoms. The Balaban J connectivity index is 1.85. The molecule has 0 unspecified atom stereocenters. The van der Waals surface area contributed by atoms with E-state index in [1.54, 1.807) is 0 Å². The van der Waals surface area contributed by atoms with Crippen LogP contribution in [0, 0.1) is 0 Å². The van der Waals surface area contributed by atoms with Crippen LogP contribution in [0.25, 0.3) is 0 Å². The zero-order valence-electron chi connectivity index (χ0n) is 14.9. The predicted molar refractivity (Wildman–Crippen MR) is 105 cm³/mol. The molecule has 0 radical (unpaired) electrons. The van der Waals surface area contributed by atoms with Gasteiger partial charge in [0.15, 0.2) is 5.96 Å². The summed E-state index contributed by atoms with van der Waals surface area (Å²) in [7, 11) is 0. The normalized spacial score (nSPS) is 16.0. The lowest BCUT2D eigenvalue weighted by Crippen LogP contribution is -2.38. The number of guanidine groups is 1. The molecule has 0 atom stereocenters. The third-order valence-electron chi connectivity index (χ3n) is 4.39. The second-order valence-corrected chi connectivity index (χ2v) is 7.14. The number of benzene rings is 1. The van der Waals surface area contributed by atoms with Gasteiger partial charge in [0.2, 0.25) is 0 Å². The average molecular weight is 396 g/mol. The van der Waals surface area contributed by atoms with Gasteiger partial charge >= 0.3 is 0 Å². The fraction of sp³-hybridized carbons (Fsp3) is 0.632. The van der Waals surface area contributed by atoms with Gasteiger partial charge in [0.05, 0.1) is 6.54 Å².